The van der Waals surface area contributed by atoms with Gasteiger partial charge < -0.3 is 15.2 Å². The van der Waals surface area contributed by atoms with Gasteiger partial charge in [-0.15, -0.1) is 0 Å². The van der Waals surface area contributed by atoms with Gasteiger partial charge in [-0.1, -0.05) is 19.3 Å². The van der Waals surface area contributed by atoms with E-state index in [0.29, 0.717) is 23.6 Å². The van der Waals surface area contributed by atoms with Crippen molar-refractivity contribution in [1.82, 2.24) is 0 Å². The molecule has 1 aromatic carbocycles. The van der Waals surface area contributed by atoms with Gasteiger partial charge in [0.15, 0.2) is 11.5 Å². The molecule has 0 aliphatic heterocycles. The fraction of sp³-hybridized carbons (Fsp3) is 0.562. The van der Waals surface area contributed by atoms with Crippen LogP contribution in [-0.4, -0.2) is 20.8 Å². The minimum atomic E-state index is -0.0244. The zero-order chi connectivity index (χ0) is 14.6. The van der Waals surface area contributed by atoms with Gasteiger partial charge in [-0.2, -0.15) is 5.26 Å². The molecule has 4 heteroatoms. The third-order valence-corrected chi connectivity index (χ3v) is 4.41. The Morgan fingerprint density at radius 1 is 1.20 bits per heavy atom. The number of nitriles is 1. The summed E-state index contributed by atoms with van der Waals surface area (Å²) < 4.78 is 10.7. The summed E-state index contributed by atoms with van der Waals surface area (Å²) in [6, 6.07) is 6.10. The van der Waals surface area contributed by atoms with Crippen LogP contribution in [0.25, 0.3) is 0 Å². The van der Waals surface area contributed by atoms with E-state index in [-0.39, 0.29) is 5.41 Å². The molecule has 4 nitrogen and oxygen atoms in total. The predicted octanol–water partition coefficient (Wildman–Crippen LogP) is 2.74. The second kappa shape index (κ2) is 6.15. The van der Waals surface area contributed by atoms with Crippen molar-refractivity contribution in [2.75, 3.05) is 20.8 Å². The lowest BCUT2D eigenvalue weighted by Crippen LogP contribution is -2.37. The van der Waals surface area contributed by atoms with Crippen LogP contribution in [0.4, 0.5) is 0 Å². The predicted molar refractivity (Wildman–Crippen MR) is 78.1 cm³/mol. The molecule has 0 atom stereocenters. The summed E-state index contributed by atoms with van der Waals surface area (Å²) in [6.45, 7) is 0.605. The lowest BCUT2D eigenvalue weighted by molar-refractivity contribution is 0.297. The first kappa shape index (κ1) is 14.7. The van der Waals surface area contributed by atoms with Crippen LogP contribution in [0, 0.1) is 11.3 Å². The quantitative estimate of drug-likeness (QED) is 0.916. The highest BCUT2D eigenvalue weighted by atomic mass is 16.5. The molecule has 1 fully saturated rings. The molecule has 0 spiro atoms. The second-order valence-corrected chi connectivity index (χ2v) is 5.42. The van der Waals surface area contributed by atoms with Crippen LogP contribution in [-0.2, 0) is 5.41 Å². The molecule has 0 radical (unpaired) electrons. The van der Waals surface area contributed by atoms with Gasteiger partial charge in [-0.25, -0.2) is 0 Å². The van der Waals surface area contributed by atoms with Crippen molar-refractivity contribution in [3.63, 3.8) is 0 Å². The lowest BCUT2D eigenvalue weighted by Gasteiger charge is -2.37. The van der Waals surface area contributed by atoms with Crippen LogP contribution in [0.2, 0.25) is 0 Å². The Kier molecular flexibility index (Phi) is 4.51. The van der Waals surface area contributed by atoms with Crippen molar-refractivity contribution >= 4 is 0 Å². The molecular weight excluding hydrogens is 252 g/mol. The summed E-state index contributed by atoms with van der Waals surface area (Å²) in [4.78, 5) is 0. The van der Waals surface area contributed by atoms with Crippen LogP contribution in [0.15, 0.2) is 12.1 Å². The summed E-state index contributed by atoms with van der Waals surface area (Å²) in [6.07, 6.45) is 5.79. The molecule has 0 bridgehead atoms. The van der Waals surface area contributed by atoms with Gasteiger partial charge in [-0.05, 0) is 30.5 Å². The maximum atomic E-state index is 9.33. The van der Waals surface area contributed by atoms with Crippen molar-refractivity contribution in [3.8, 4) is 17.6 Å². The zero-order valence-corrected chi connectivity index (χ0v) is 12.2. The van der Waals surface area contributed by atoms with E-state index in [0.717, 1.165) is 18.4 Å². The first-order valence-corrected chi connectivity index (χ1v) is 7.07. The molecule has 1 aliphatic rings. The molecule has 0 amide bonds. The number of rotatable bonds is 4. The number of nitrogens with two attached hydrogens (primary N) is 1. The minimum absolute atomic E-state index is 0.0244. The Labute approximate surface area is 120 Å². The van der Waals surface area contributed by atoms with E-state index in [9.17, 15) is 5.26 Å². The summed E-state index contributed by atoms with van der Waals surface area (Å²) in [5.74, 6) is 1.11. The third-order valence-electron chi connectivity index (χ3n) is 4.41. The Morgan fingerprint density at radius 3 is 2.40 bits per heavy atom. The molecule has 0 saturated heterocycles. The highest BCUT2D eigenvalue weighted by molar-refractivity contribution is 5.56. The van der Waals surface area contributed by atoms with Gasteiger partial charge in [-0.3, -0.25) is 0 Å². The fourth-order valence-corrected chi connectivity index (χ4v) is 3.19. The molecule has 1 aliphatic carbocycles. The summed E-state index contributed by atoms with van der Waals surface area (Å²) in [5, 5.41) is 9.33. The maximum absolute atomic E-state index is 9.33. The average Bonchev–Trinajstić information content (AvgIpc) is 2.53. The SMILES string of the molecule is COc1cc(C2(CN)CCCCC2)cc(C#N)c1OC. The number of nitrogens with zero attached hydrogens (tertiary/aromatic N) is 1. The molecule has 0 aromatic heterocycles. The molecule has 108 valence electrons. The van der Waals surface area contributed by atoms with Crippen LogP contribution < -0.4 is 15.2 Å². The van der Waals surface area contributed by atoms with Crippen LogP contribution >= 0.6 is 0 Å². The zero-order valence-electron chi connectivity index (χ0n) is 12.2. The van der Waals surface area contributed by atoms with Gasteiger partial charge in [0.05, 0.1) is 19.8 Å². The first-order chi connectivity index (χ1) is 9.70. The molecule has 2 N–H and O–H groups in total. The summed E-state index contributed by atoms with van der Waals surface area (Å²) in [5.41, 5.74) is 7.66. The van der Waals surface area contributed by atoms with E-state index in [1.54, 1.807) is 14.2 Å². The topological polar surface area (TPSA) is 68.3 Å². The Hall–Kier alpha value is -1.73. The second-order valence-electron chi connectivity index (χ2n) is 5.42. The van der Waals surface area contributed by atoms with E-state index in [4.69, 9.17) is 15.2 Å². The third kappa shape index (κ3) is 2.46. The van der Waals surface area contributed by atoms with Gasteiger partial charge in [0.1, 0.15) is 6.07 Å². The van der Waals surface area contributed by atoms with Crippen molar-refractivity contribution in [1.29, 1.82) is 5.26 Å². The Balaban J connectivity index is 2.53. The van der Waals surface area contributed by atoms with Gasteiger partial charge in [0, 0.05) is 12.0 Å². The van der Waals surface area contributed by atoms with Crippen LogP contribution in [0.1, 0.15) is 43.2 Å². The van der Waals surface area contributed by atoms with E-state index < -0.39 is 0 Å². The van der Waals surface area contributed by atoms with E-state index in [1.165, 1.54) is 19.3 Å². The molecule has 1 aromatic rings. The highest BCUT2D eigenvalue weighted by Gasteiger charge is 2.34. The van der Waals surface area contributed by atoms with Gasteiger partial charge in [0.25, 0.3) is 0 Å². The monoisotopic (exact) mass is 274 g/mol. The van der Waals surface area contributed by atoms with Crippen LogP contribution in [0.3, 0.4) is 0 Å². The fourth-order valence-electron chi connectivity index (χ4n) is 3.19. The van der Waals surface area contributed by atoms with E-state index >= 15 is 0 Å². The number of hydrogen-bond donors (Lipinski definition) is 1. The number of methoxy groups -OCH3 is 2. The Morgan fingerprint density at radius 2 is 1.90 bits per heavy atom. The Bertz CT molecular complexity index is 514. The standard InChI is InChI=1S/C16H22N2O2/c1-19-14-9-13(8-12(10-17)15(14)20-2)16(11-18)6-4-3-5-7-16/h8-9H,3-7,11,18H2,1-2H3. The number of ether oxygens (including phenoxy) is 2. The molecule has 20 heavy (non-hydrogen) atoms. The minimum Gasteiger partial charge on any atom is -0.493 e. The van der Waals surface area contributed by atoms with E-state index in [1.807, 2.05) is 12.1 Å². The van der Waals surface area contributed by atoms with Gasteiger partial charge in [0.2, 0.25) is 0 Å². The van der Waals surface area contributed by atoms with Crippen molar-refractivity contribution in [2.45, 2.75) is 37.5 Å². The van der Waals surface area contributed by atoms with Crippen molar-refractivity contribution in [3.05, 3.63) is 23.3 Å². The normalized spacial score (nSPS) is 17.3. The maximum Gasteiger partial charge on any atom is 0.178 e. The summed E-state index contributed by atoms with van der Waals surface area (Å²) in [7, 11) is 3.15. The molecule has 1 saturated carbocycles. The molecule has 2 rings (SSSR count). The largest absolute Gasteiger partial charge is 0.493 e. The molecule has 0 unspecified atom stereocenters. The summed E-state index contributed by atoms with van der Waals surface area (Å²) >= 11 is 0. The van der Waals surface area contributed by atoms with Crippen LogP contribution in [0.5, 0.6) is 11.5 Å². The number of hydrogen-bond acceptors (Lipinski definition) is 4. The lowest BCUT2D eigenvalue weighted by atomic mass is 9.69. The number of benzene rings is 1. The van der Waals surface area contributed by atoms with Gasteiger partial charge >= 0.3 is 0 Å². The van der Waals surface area contributed by atoms with Crippen molar-refractivity contribution < 1.29 is 9.47 Å². The first-order valence-electron chi connectivity index (χ1n) is 7.07. The smallest absolute Gasteiger partial charge is 0.178 e. The molecular formula is C16H22N2O2. The van der Waals surface area contributed by atoms with Crippen molar-refractivity contribution in [2.24, 2.45) is 5.73 Å². The molecule has 0 heterocycles. The van der Waals surface area contributed by atoms with E-state index in [2.05, 4.69) is 6.07 Å². The highest BCUT2D eigenvalue weighted by Crippen LogP contribution is 2.43. The average molecular weight is 274 g/mol.